The van der Waals surface area contributed by atoms with Crippen LogP contribution in [-0.2, 0) is 4.74 Å². The maximum atomic E-state index is 5.76. The van der Waals surface area contributed by atoms with Crippen LogP contribution in [-0.4, -0.2) is 12.7 Å². The minimum atomic E-state index is 0.478. The van der Waals surface area contributed by atoms with Crippen LogP contribution in [0.1, 0.15) is 53.9 Å². The van der Waals surface area contributed by atoms with Crippen molar-refractivity contribution in [1.82, 2.24) is 0 Å². The average Bonchev–Trinajstić information content (AvgIpc) is 2.07. The normalized spacial score (nSPS) is 34.5. The molecule has 84 valence electrons. The lowest BCUT2D eigenvalue weighted by atomic mass is 9.68. The zero-order valence-electron chi connectivity index (χ0n) is 10.5. The van der Waals surface area contributed by atoms with E-state index in [1.165, 1.54) is 19.3 Å². The van der Waals surface area contributed by atoms with Crippen LogP contribution in [0.15, 0.2) is 0 Å². The topological polar surface area (TPSA) is 9.23 Å². The molecule has 1 aliphatic rings. The van der Waals surface area contributed by atoms with E-state index in [1.54, 1.807) is 0 Å². The summed E-state index contributed by atoms with van der Waals surface area (Å²) >= 11 is 0. The molecule has 0 saturated heterocycles. The van der Waals surface area contributed by atoms with Crippen LogP contribution >= 0.6 is 0 Å². The van der Waals surface area contributed by atoms with Gasteiger partial charge >= 0.3 is 0 Å². The maximum absolute atomic E-state index is 5.76. The van der Waals surface area contributed by atoms with Crippen LogP contribution in [0.5, 0.6) is 0 Å². The fourth-order valence-corrected chi connectivity index (χ4v) is 2.62. The molecule has 0 spiro atoms. The molecule has 1 rings (SSSR count). The molecular weight excluding hydrogens is 172 g/mol. The molecule has 0 radical (unpaired) electrons. The summed E-state index contributed by atoms with van der Waals surface area (Å²) in [5.41, 5.74) is 0.478. The molecule has 0 aromatic rings. The molecular formula is C13H26O. The van der Waals surface area contributed by atoms with E-state index in [1.807, 2.05) is 0 Å². The second-order valence-electron chi connectivity index (χ2n) is 5.85. The van der Waals surface area contributed by atoms with Crippen molar-refractivity contribution in [2.24, 2.45) is 17.3 Å². The van der Waals surface area contributed by atoms with E-state index in [-0.39, 0.29) is 0 Å². The van der Waals surface area contributed by atoms with Gasteiger partial charge < -0.3 is 4.74 Å². The van der Waals surface area contributed by atoms with Gasteiger partial charge in [-0.1, -0.05) is 27.7 Å². The Morgan fingerprint density at radius 1 is 1.21 bits per heavy atom. The Kier molecular flexibility index (Phi) is 4.00. The van der Waals surface area contributed by atoms with Crippen molar-refractivity contribution in [3.8, 4) is 0 Å². The third-order valence-corrected chi connectivity index (χ3v) is 3.70. The maximum Gasteiger partial charge on any atom is 0.0600 e. The summed E-state index contributed by atoms with van der Waals surface area (Å²) in [4.78, 5) is 0. The summed E-state index contributed by atoms with van der Waals surface area (Å²) in [7, 11) is 0. The molecule has 0 amide bonds. The Morgan fingerprint density at radius 3 is 2.29 bits per heavy atom. The molecule has 0 heterocycles. The predicted octanol–water partition coefficient (Wildman–Crippen LogP) is 3.87. The van der Waals surface area contributed by atoms with Gasteiger partial charge in [0, 0.05) is 6.61 Å². The van der Waals surface area contributed by atoms with Gasteiger partial charge in [-0.05, 0) is 43.4 Å². The zero-order valence-corrected chi connectivity index (χ0v) is 10.5. The van der Waals surface area contributed by atoms with Gasteiger partial charge in [-0.25, -0.2) is 0 Å². The highest BCUT2D eigenvalue weighted by Gasteiger charge is 2.33. The molecule has 1 heteroatoms. The first kappa shape index (κ1) is 12.0. The van der Waals surface area contributed by atoms with Crippen LogP contribution in [0.2, 0.25) is 0 Å². The van der Waals surface area contributed by atoms with Crippen molar-refractivity contribution in [1.29, 1.82) is 0 Å². The van der Waals surface area contributed by atoms with Crippen LogP contribution in [0.3, 0.4) is 0 Å². The summed E-state index contributed by atoms with van der Waals surface area (Å²) in [6.45, 7) is 12.4. The van der Waals surface area contributed by atoms with Gasteiger partial charge in [-0.15, -0.1) is 0 Å². The minimum Gasteiger partial charge on any atom is -0.378 e. The Bertz CT molecular complexity index is 169. The SMILES string of the molecule is CCOC1CCC(C(C)(C)C)CC1C. The number of ether oxygens (including phenoxy) is 1. The predicted molar refractivity (Wildman–Crippen MR) is 61.4 cm³/mol. The van der Waals surface area contributed by atoms with E-state index in [0.29, 0.717) is 11.5 Å². The highest BCUT2D eigenvalue weighted by molar-refractivity contribution is 4.84. The smallest absolute Gasteiger partial charge is 0.0600 e. The largest absolute Gasteiger partial charge is 0.378 e. The highest BCUT2D eigenvalue weighted by atomic mass is 16.5. The standard InChI is InChI=1S/C13H26O/c1-6-14-12-8-7-11(9-10(12)2)13(3,4)5/h10-12H,6-9H2,1-5H3. The van der Waals surface area contributed by atoms with Gasteiger partial charge in [-0.3, -0.25) is 0 Å². The van der Waals surface area contributed by atoms with Crippen LogP contribution in [0.4, 0.5) is 0 Å². The van der Waals surface area contributed by atoms with Gasteiger partial charge in [0.25, 0.3) is 0 Å². The Labute approximate surface area is 89.2 Å². The molecule has 0 aliphatic heterocycles. The molecule has 0 aromatic carbocycles. The Morgan fingerprint density at radius 2 is 1.86 bits per heavy atom. The molecule has 0 aromatic heterocycles. The quantitative estimate of drug-likeness (QED) is 0.654. The van der Waals surface area contributed by atoms with E-state index in [9.17, 15) is 0 Å². The van der Waals surface area contributed by atoms with Crippen molar-refractivity contribution < 1.29 is 4.74 Å². The molecule has 0 bridgehead atoms. The van der Waals surface area contributed by atoms with Gasteiger partial charge in [0.15, 0.2) is 0 Å². The first-order valence-corrected chi connectivity index (χ1v) is 6.06. The number of hydrogen-bond acceptors (Lipinski definition) is 1. The van der Waals surface area contributed by atoms with E-state index >= 15 is 0 Å². The number of rotatable bonds is 2. The molecule has 1 nitrogen and oxygen atoms in total. The Balaban J connectivity index is 2.46. The molecule has 1 fully saturated rings. The number of hydrogen-bond donors (Lipinski definition) is 0. The molecule has 3 unspecified atom stereocenters. The first-order chi connectivity index (χ1) is 6.45. The van der Waals surface area contributed by atoms with E-state index in [2.05, 4.69) is 34.6 Å². The van der Waals surface area contributed by atoms with Crippen molar-refractivity contribution >= 4 is 0 Å². The Hall–Kier alpha value is -0.0400. The lowest BCUT2D eigenvalue weighted by Crippen LogP contribution is -2.34. The lowest BCUT2D eigenvalue weighted by Gasteiger charge is -2.40. The monoisotopic (exact) mass is 198 g/mol. The molecule has 3 atom stereocenters. The fraction of sp³-hybridized carbons (Fsp3) is 1.00. The highest BCUT2D eigenvalue weighted by Crippen LogP contribution is 2.40. The van der Waals surface area contributed by atoms with Gasteiger partial charge in [0.05, 0.1) is 6.10 Å². The van der Waals surface area contributed by atoms with Crippen molar-refractivity contribution in [3.63, 3.8) is 0 Å². The summed E-state index contributed by atoms with van der Waals surface area (Å²) in [6, 6.07) is 0. The second-order valence-corrected chi connectivity index (χ2v) is 5.85. The van der Waals surface area contributed by atoms with Crippen LogP contribution in [0, 0.1) is 17.3 Å². The third-order valence-electron chi connectivity index (χ3n) is 3.70. The summed E-state index contributed by atoms with van der Waals surface area (Å²) in [5, 5.41) is 0. The van der Waals surface area contributed by atoms with Crippen molar-refractivity contribution in [3.05, 3.63) is 0 Å². The van der Waals surface area contributed by atoms with Gasteiger partial charge in [0.2, 0.25) is 0 Å². The third kappa shape index (κ3) is 2.98. The molecule has 0 N–H and O–H groups in total. The molecule has 1 aliphatic carbocycles. The zero-order chi connectivity index (χ0) is 10.8. The average molecular weight is 198 g/mol. The van der Waals surface area contributed by atoms with Gasteiger partial charge in [-0.2, -0.15) is 0 Å². The van der Waals surface area contributed by atoms with E-state index in [4.69, 9.17) is 4.74 Å². The van der Waals surface area contributed by atoms with E-state index in [0.717, 1.165) is 18.4 Å². The van der Waals surface area contributed by atoms with E-state index < -0.39 is 0 Å². The lowest BCUT2D eigenvalue weighted by molar-refractivity contribution is -0.0260. The van der Waals surface area contributed by atoms with Crippen LogP contribution < -0.4 is 0 Å². The van der Waals surface area contributed by atoms with Gasteiger partial charge in [0.1, 0.15) is 0 Å². The van der Waals surface area contributed by atoms with Crippen LogP contribution in [0.25, 0.3) is 0 Å². The first-order valence-electron chi connectivity index (χ1n) is 6.06. The minimum absolute atomic E-state index is 0.478. The van der Waals surface area contributed by atoms with Crippen molar-refractivity contribution in [2.75, 3.05) is 6.61 Å². The molecule has 1 saturated carbocycles. The summed E-state index contributed by atoms with van der Waals surface area (Å²) in [6.07, 6.45) is 4.47. The summed E-state index contributed by atoms with van der Waals surface area (Å²) < 4.78 is 5.76. The summed E-state index contributed by atoms with van der Waals surface area (Å²) in [5.74, 6) is 1.63. The van der Waals surface area contributed by atoms with Crippen molar-refractivity contribution in [2.45, 2.75) is 60.0 Å². The second kappa shape index (κ2) is 4.65. The molecule has 14 heavy (non-hydrogen) atoms. The fourth-order valence-electron chi connectivity index (χ4n) is 2.62.